The molecule has 0 saturated heterocycles. The van der Waals surface area contributed by atoms with E-state index in [0.717, 1.165) is 17.1 Å². The molecule has 0 radical (unpaired) electrons. The summed E-state index contributed by atoms with van der Waals surface area (Å²) in [4.78, 5) is 14.6. The van der Waals surface area contributed by atoms with Crippen LogP contribution < -0.4 is 16.0 Å². The number of aromatic amines is 1. The third kappa shape index (κ3) is 3.73. The molecule has 1 aliphatic rings. The van der Waals surface area contributed by atoms with E-state index in [9.17, 15) is 4.39 Å². The Kier molecular flexibility index (Phi) is 4.81. The Morgan fingerprint density at radius 1 is 1.21 bits per heavy atom. The topological polar surface area (TPSA) is 109 Å². The van der Waals surface area contributed by atoms with Gasteiger partial charge in [0, 0.05) is 24.7 Å². The van der Waals surface area contributed by atoms with Crippen molar-refractivity contribution < 1.29 is 4.39 Å². The second-order valence-electron chi connectivity index (χ2n) is 7.10. The molecule has 1 unspecified atom stereocenters. The molecule has 4 N–H and O–H groups in total. The van der Waals surface area contributed by atoms with E-state index in [1.165, 1.54) is 31.4 Å². The number of benzene rings is 1. The smallest absolute Gasteiger partial charge is 0.237 e. The second kappa shape index (κ2) is 7.41. The van der Waals surface area contributed by atoms with Crippen LogP contribution in [0.1, 0.15) is 49.4 Å². The fourth-order valence-electron chi connectivity index (χ4n) is 3.15. The van der Waals surface area contributed by atoms with Crippen LogP contribution >= 0.6 is 0 Å². The van der Waals surface area contributed by atoms with Gasteiger partial charge < -0.3 is 11.1 Å². The number of nitrogens with one attached hydrogen (secondary N) is 2. The summed E-state index contributed by atoms with van der Waals surface area (Å²) < 4.78 is 13.1. The fourth-order valence-corrected chi connectivity index (χ4v) is 3.15. The number of hydrogen-bond donors (Lipinski definition) is 3. The third-order valence-electron chi connectivity index (χ3n) is 5.13. The predicted octanol–water partition coefficient (Wildman–Crippen LogP) is 3.52. The van der Waals surface area contributed by atoms with Gasteiger partial charge in [0.2, 0.25) is 17.8 Å². The Morgan fingerprint density at radius 3 is 2.64 bits per heavy atom. The Balaban J connectivity index is 1.52. The first-order chi connectivity index (χ1) is 13.5. The van der Waals surface area contributed by atoms with Crippen molar-refractivity contribution in [3.63, 3.8) is 0 Å². The first-order valence-corrected chi connectivity index (χ1v) is 9.32. The lowest BCUT2D eigenvalue weighted by molar-refractivity contribution is 0.410. The molecule has 146 valence electrons. The van der Waals surface area contributed by atoms with E-state index < -0.39 is 0 Å². The number of anilines is 4. The van der Waals surface area contributed by atoms with Gasteiger partial charge in [-0.15, -0.1) is 0 Å². The quantitative estimate of drug-likeness (QED) is 0.598. The van der Waals surface area contributed by atoms with E-state index in [1.54, 1.807) is 17.0 Å². The maximum absolute atomic E-state index is 13.1. The van der Waals surface area contributed by atoms with Gasteiger partial charge in [-0.25, -0.2) is 4.39 Å². The SMILES string of the molecule is CC(Nc1nc(N)nc(N(C)c2cc(C3CCC3)[nH]n2)n1)c1ccc(F)cc1. The lowest BCUT2D eigenvalue weighted by Gasteiger charge is -2.23. The molecule has 1 aliphatic carbocycles. The van der Waals surface area contributed by atoms with Crippen LogP contribution in [0, 0.1) is 5.82 Å². The van der Waals surface area contributed by atoms with Crippen LogP contribution in [0.5, 0.6) is 0 Å². The first kappa shape index (κ1) is 18.1. The van der Waals surface area contributed by atoms with Gasteiger partial charge in [0.15, 0.2) is 5.82 Å². The van der Waals surface area contributed by atoms with Crippen LogP contribution in [0.3, 0.4) is 0 Å². The van der Waals surface area contributed by atoms with Crippen LogP contribution in [-0.4, -0.2) is 32.2 Å². The van der Waals surface area contributed by atoms with Crippen LogP contribution in [0.4, 0.5) is 28.1 Å². The van der Waals surface area contributed by atoms with Crippen molar-refractivity contribution in [2.24, 2.45) is 0 Å². The summed E-state index contributed by atoms with van der Waals surface area (Å²) in [6.45, 7) is 1.94. The van der Waals surface area contributed by atoms with E-state index in [4.69, 9.17) is 5.73 Å². The summed E-state index contributed by atoms with van der Waals surface area (Å²) in [5.74, 6) is 1.87. The molecule has 1 saturated carbocycles. The van der Waals surface area contributed by atoms with Crippen molar-refractivity contribution in [1.82, 2.24) is 25.1 Å². The number of H-pyrrole nitrogens is 1. The predicted molar refractivity (Wildman–Crippen MR) is 106 cm³/mol. The minimum absolute atomic E-state index is 0.111. The molecule has 2 heterocycles. The summed E-state index contributed by atoms with van der Waals surface area (Å²) >= 11 is 0. The second-order valence-corrected chi connectivity index (χ2v) is 7.10. The lowest BCUT2D eigenvalue weighted by atomic mass is 9.83. The number of nitrogen functional groups attached to an aromatic ring is 1. The van der Waals surface area contributed by atoms with Gasteiger partial charge in [0.1, 0.15) is 5.82 Å². The minimum atomic E-state index is -0.274. The van der Waals surface area contributed by atoms with Gasteiger partial charge in [-0.2, -0.15) is 20.1 Å². The molecule has 28 heavy (non-hydrogen) atoms. The lowest BCUT2D eigenvalue weighted by Crippen LogP contribution is -2.18. The molecule has 0 aliphatic heterocycles. The van der Waals surface area contributed by atoms with Crippen LogP contribution in [-0.2, 0) is 0 Å². The Hall–Kier alpha value is -3.23. The Bertz CT molecular complexity index is 951. The zero-order chi connectivity index (χ0) is 19.7. The van der Waals surface area contributed by atoms with E-state index in [2.05, 4.69) is 30.5 Å². The zero-order valence-corrected chi connectivity index (χ0v) is 15.9. The molecule has 1 aromatic carbocycles. The van der Waals surface area contributed by atoms with Gasteiger partial charge in [-0.1, -0.05) is 18.6 Å². The Morgan fingerprint density at radius 2 is 1.96 bits per heavy atom. The molecule has 1 fully saturated rings. The summed E-state index contributed by atoms with van der Waals surface area (Å²) in [5, 5.41) is 10.7. The van der Waals surface area contributed by atoms with E-state index in [1.807, 2.05) is 20.0 Å². The molecular weight excluding hydrogens is 359 g/mol. The molecule has 4 rings (SSSR count). The van der Waals surface area contributed by atoms with Crippen LogP contribution in [0.2, 0.25) is 0 Å². The molecule has 2 aromatic heterocycles. The van der Waals surface area contributed by atoms with Crippen molar-refractivity contribution >= 4 is 23.7 Å². The molecule has 1 atom stereocenters. The number of nitrogens with zero attached hydrogens (tertiary/aromatic N) is 5. The molecule has 0 bridgehead atoms. The Labute approximate surface area is 162 Å². The highest BCUT2D eigenvalue weighted by atomic mass is 19.1. The normalized spacial score (nSPS) is 15.1. The zero-order valence-electron chi connectivity index (χ0n) is 15.9. The van der Waals surface area contributed by atoms with Crippen LogP contribution in [0.25, 0.3) is 0 Å². The highest BCUT2D eigenvalue weighted by Gasteiger charge is 2.23. The molecule has 0 spiro atoms. The van der Waals surface area contributed by atoms with Gasteiger partial charge in [0.25, 0.3) is 0 Å². The van der Waals surface area contributed by atoms with Crippen molar-refractivity contribution in [3.8, 4) is 0 Å². The fraction of sp³-hybridized carbons (Fsp3) is 0.368. The molecule has 8 nitrogen and oxygen atoms in total. The molecule has 3 aromatic rings. The monoisotopic (exact) mass is 382 g/mol. The first-order valence-electron chi connectivity index (χ1n) is 9.32. The van der Waals surface area contributed by atoms with E-state index in [0.29, 0.717) is 17.8 Å². The average Bonchev–Trinajstić information content (AvgIpc) is 3.09. The van der Waals surface area contributed by atoms with Crippen LogP contribution in [0.15, 0.2) is 30.3 Å². The van der Waals surface area contributed by atoms with E-state index >= 15 is 0 Å². The summed E-state index contributed by atoms with van der Waals surface area (Å²) in [5.41, 5.74) is 7.93. The minimum Gasteiger partial charge on any atom is -0.368 e. The van der Waals surface area contributed by atoms with Crippen molar-refractivity contribution in [2.75, 3.05) is 23.0 Å². The molecular formula is C19H23FN8. The van der Waals surface area contributed by atoms with Gasteiger partial charge >= 0.3 is 0 Å². The number of hydrogen-bond acceptors (Lipinski definition) is 7. The van der Waals surface area contributed by atoms with Gasteiger partial charge in [0.05, 0.1) is 6.04 Å². The van der Waals surface area contributed by atoms with Crippen molar-refractivity contribution in [3.05, 3.63) is 47.4 Å². The molecule has 0 amide bonds. The van der Waals surface area contributed by atoms with Crippen molar-refractivity contribution in [1.29, 1.82) is 0 Å². The van der Waals surface area contributed by atoms with Crippen molar-refractivity contribution in [2.45, 2.75) is 38.1 Å². The number of aromatic nitrogens is 5. The maximum atomic E-state index is 13.1. The van der Waals surface area contributed by atoms with Gasteiger partial charge in [-0.05, 0) is 37.5 Å². The molecule has 9 heteroatoms. The average molecular weight is 382 g/mol. The summed E-state index contributed by atoms with van der Waals surface area (Å²) in [7, 11) is 1.84. The maximum Gasteiger partial charge on any atom is 0.237 e. The summed E-state index contributed by atoms with van der Waals surface area (Å²) in [6.07, 6.45) is 3.65. The number of halogens is 1. The van der Waals surface area contributed by atoms with Gasteiger partial charge in [-0.3, -0.25) is 10.00 Å². The standard InChI is InChI=1S/C19H23FN8/c1-11(12-6-8-14(20)9-7-12)22-18-23-17(21)24-19(25-18)28(2)16-10-15(26-27-16)13-4-3-5-13/h6-11,13H,3-5H2,1-2H3,(H,26,27)(H3,21,22,23,24,25). The largest absolute Gasteiger partial charge is 0.368 e. The highest BCUT2D eigenvalue weighted by Crippen LogP contribution is 2.36. The third-order valence-corrected chi connectivity index (χ3v) is 5.13. The van der Waals surface area contributed by atoms with E-state index in [-0.39, 0.29) is 17.8 Å². The number of rotatable bonds is 6. The highest BCUT2D eigenvalue weighted by molar-refractivity contribution is 5.54. The number of nitrogens with two attached hydrogens (primary N) is 1. The summed E-state index contributed by atoms with van der Waals surface area (Å²) in [6, 6.07) is 8.18.